The van der Waals surface area contributed by atoms with Crippen LogP contribution < -0.4 is 10.9 Å². The summed E-state index contributed by atoms with van der Waals surface area (Å²) in [6, 6.07) is 12.5. The molecule has 3 rings (SSSR count). The largest absolute Gasteiger partial charge is 0.344 e. The molecule has 27 heavy (non-hydrogen) atoms. The number of nitrogens with zero attached hydrogens (tertiary/aromatic N) is 2. The average Bonchev–Trinajstić information content (AvgIpc) is 2.64. The number of aryl methyl sites for hydroxylation is 1. The Labute approximate surface area is 165 Å². The minimum absolute atomic E-state index is 0.0893. The zero-order valence-electron chi connectivity index (χ0n) is 14.5. The number of terminal acetylenes is 1. The van der Waals surface area contributed by atoms with Gasteiger partial charge in [-0.15, -0.1) is 6.42 Å². The number of rotatable bonds is 5. The van der Waals surface area contributed by atoms with Crippen molar-refractivity contribution >= 4 is 40.2 Å². The van der Waals surface area contributed by atoms with Gasteiger partial charge >= 0.3 is 0 Å². The van der Waals surface area contributed by atoms with Crippen molar-refractivity contribution in [3.63, 3.8) is 0 Å². The van der Waals surface area contributed by atoms with E-state index in [1.54, 1.807) is 18.2 Å². The smallest absolute Gasteiger partial charge is 0.266 e. The summed E-state index contributed by atoms with van der Waals surface area (Å²) in [4.78, 5) is 29.6. The van der Waals surface area contributed by atoms with E-state index in [1.807, 2.05) is 31.2 Å². The quantitative estimate of drug-likeness (QED) is 0.408. The van der Waals surface area contributed by atoms with Crippen molar-refractivity contribution in [2.45, 2.75) is 12.1 Å². The van der Waals surface area contributed by atoms with Crippen molar-refractivity contribution in [2.24, 2.45) is 0 Å². The van der Waals surface area contributed by atoms with E-state index in [9.17, 15) is 9.59 Å². The van der Waals surface area contributed by atoms with Crippen LogP contribution in [0, 0.1) is 19.3 Å². The van der Waals surface area contributed by atoms with E-state index in [0.717, 1.165) is 5.56 Å². The van der Waals surface area contributed by atoms with Crippen molar-refractivity contribution in [3.8, 4) is 18.0 Å². The van der Waals surface area contributed by atoms with Gasteiger partial charge in [0.1, 0.15) is 0 Å². The standard InChI is InChI=1S/C20H16ClN3O2S/c1-3-9-22-18(25)12-27-20-23-17-11-14(21)7-8-16(17)19(26)24(20)15-6-4-5-13(2)10-15/h1,4-8,10-11H,9,12H2,2H3,(H,22,25). The lowest BCUT2D eigenvalue weighted by atomic mass is 10.2. The SMILES string of the molecule is C#CCNC(=O)CSc1nc2cc(Cl)ccc2c(=O)n1-c1cccc(C)c1. The van der Waals surface area contributed by atoms with Gasteiger partial charge in [0.15, 0.2) is 5.16 Å². The number of carbonyl (C=O) groups excluding carboxylic acids is 1. The van der Waals surface area contributed by atoms with Gasteiger partial charge < -0.3 is 5.32 Å². The maximum Gasteiger partial charge on any atom is 0.266 e. The van der Waals surface area contributed by atoms with Gasteiger partial charge in [-0.1, -0.05) is 41.4 Å². The van der Waals surface area contributed by atoms with Crippen molar-refractivity contribution in [3.05, 3.63) is 63.4 Å². The molecule has 1 aromatic heterocycles. The minimum Gasteiger partial charge on any atom is -0.344 e. The first-order valence-electron chi connectivity index (χ1n) is 8.12. The molecule has 0 aliphatic carbocycles. The Morgan fingerprint density at radius 2 is 2.15 bits per heavy atom. The van der Waals surface area contributed by atoms with Crippen LogP contribution >= 0.6 is 23.4 Å². The Bertz CT molecular complexity index is 1120. The van der Waals surface area contributed by atoms with Gasteiger partial charge in [0.05, 0.1) is 28.9 Å². The molecule has 0 bridgehead atoms. The predicted octanol–water partition coefficient (Wildman–Crippen LogP) is 3.19. The molecule has 0 saturated carbocycles. The third-order valence-corrected chi connectivity index (χ3v) is 4.95. The van der Waals surface area contributed by atoms with Gasteiger partial charge in [-0.2, -0.15) is 0 Å². The molecule has 1 heterocycles. The summed E-state index contributed by atoms with van der Waals surface area (Å²) < 4.78 is 1.52. The first-order chi connectivity index (χ1) is 13.0. The summed E-state index contributed by atoms with van der Waals surface area (Å²) in [6.45, 7) is 2.10. The van der Waals surface area contributed by atoms with Crippen LogP contribution in [0.2, 0.25) is 5.02 Å². The molecule has 5 nitrogen and oxygen atoms in total. The number of fused-ring (bicyclic) bond motifs is 1. The topological polar surface area (TPSA) is 64.0 Å². The number of halogens is 1. The number of benzene rings is 2. The van der Waals surface area contributed by atoms with Crippen molar-refractivity contribution in [1.29, 1.82) is 0 Å². The number of carbonyl (C=O) groups is 1. The fourth-order valence-corrected chi connectivity index (χ4v) is 3.57. The maximum atomic E-state index is 13.1. The monoisotopic (exact) mass is 397 g/mol. The summed E-state index contributed by atoms with van der Waals surface area (Å²) in [5.41, 5.74) is 1.98. The molecule has 136 valence electrons. The molecule has 0 fully saturated rings. The summed E-state index contributed by atoms with van der Waals surface area (Å²) in [6.07, 6.45) is 5.15. The number of thioether (sulfide) groups is 1. The Balaban J connectivity index is 2.11. The molecule has 0 atom stereocenters. The molecule has 3 aromatic rings. The molecule has 1 N–H and O–H groups in total. The van der Waals surface area contributed by atoms with Crippen molar-refractivity contribution in [1.82, 2.24) is 14.9 Å². The zero-order valence-corrected chi connectivity index (χ0v) is 16.1. The first kappa shape index (κ1) is 19.0. The summed E-state index contributed by atoms with van der Waals surface area (Å²) in [7, 11) is 0. The van der Waals surface area contributed by atoms with E-state index in [-0.39, 0.29) is 23.8 Å². The third-order valence-electron chi connectivity index (χ3n) is 3.78. The molecular weight excluding hydrogens is 382 g/mol. The Hall–Kier alpha value is -2.75. The zero-order chi connectivity index (χ0) is 19.4. The van der Waals surface area contributed by atoms with E-state index in [1.165, 1.54) is 16.3 Å². The van der Waals surface area contributed by atoms with Crippen LogP contribution in [0.4, 0.5) is 0 Å². The third kappa shape index (κ3) is 4.33. The van der Waals surface area contributed by atoms with Gasteiger partial charge in [0.2, 0.25) is 5.91 Å². The van der Waals surface area contributed by atoms with Crippen LogP contribution in [0.1, 0.15) is 5.56 Å². The normalized spacial score (nSPS) is 10.6. The second-order valence-corrected chi connectivity index (χ2v) is 7.18. The number of nitrogens with one attached hydrogen (secondary N) is 1. The van der Waals surface area contributed by atoms with Gasteiger partial charge in [-0.05, 0) is 42.8 Å². The highest BCUT2D eigenvalue weighted by Gasteiger charge is 2.15. The van der Waals surface area contributed by atoms with E-state index < -0.39 is 0 Å². The molecule has 2 aromatic carbocycles. The first-order valence-corrected chi connectivity index (χ1v) is 9.48. The summed E-state index contributed by atoms with van der Waals surface area (Å²) >= 11 is 7.22. The van der Waals surface area contributed by atoms with Crippen molar-refractivity contribution < 1.29 is 4.79 Å². The Morgan fingerprint density at radius 3 is 2.89 bits per heavy atom. The highest BCUT2D eigenvalue weighted by Crippen LogP contribution is 2.23. The number of aromatic nitrogens is 2. The van der Waals surface area contributed by atoms with E-state index in [4.69, 9.17) is 18.0 Å². The molecule has 0 unspecified atom stereocenters. The fraction of sp³-hybridized carbons (Fsp3) is 0.150. The fourth-order valence-electron chi connectivity index (χ4n) is 2.56. The van der Waals surface area contributed by atoms with E-state index in [2.05, 4.69) is 16.2 Å². The van der Waals surface area contributed by atoms with Gasteiger partial charge in [0, 0.05) is 5.02 Å². The van der Waals surface area contributed by atoms with Crippen LogP contribution in [0.5, 0.6) is 0 Å². The molecule has 0 saturated heterocycles. The van der Waals surface area contributed by atoms with Crippen LogP contribution in [-0.2, 0) is 4.79 Å². The van der Waals surface area contributed by atoms with Gasteiger partial charge in [-0.25, -0.2) is 4.98 Å². The molecule has 1 amide bonds. The lowest BCUT2D eigenvalue weighted by molar-refractivity contribution is -0.118. The summed E-state index contributed by atoms with van der Waals surface area (Å²) in [5.74, 6) is 2.21. The molecule has 0 aliphatic rings. The van der Waals surface area contributed by atoms with Crippen LogP contribution in [0.15, 0.2) is 52.4 Å². The number of hydrogen-bond donors (Lipinski definition) is 1. The number of amides is 1. The summed E-state index contributed by atoms with van der Waals surface area (Å²) in [5, 5.41) is 3.96. The molecule has 0 aliphatic heterocycles. The van der Waals surface area contributed by atoms with E-state index in [0.29, 0.717) is 26.8 Å². The second-order valence-electron chi connectivity index (χ2n) is 5.80. The predicted molar refractivity (Wildman–Crippen MR) is 110 cm³/mol. The average molecular weight is 398 g/mol. The van der Waals surface area contributed by atoms with Crippen LogP contribution in [0.3, 0.4) is 0 Å². The lowest BCUT2D eigenvalue weighted by Crippen LogP contribution is -2.26. The maximum absolute atomic E-state index is 13.1. The van der Waals surface area contributed by atoms with Crippen molar-refractivity contribution in [2.75, 3.05) is 12.3 Å². The molecule has 7 heteroatoms. The van der Waals surface area contributed by atoms with Gasteiger partial charge in [-0.3, -0.25) is 14.2 Å². The second kappa shape index (κ2) is 8.30. The Morgan fingerprint density at radius 1 is 1.33 bits per heavy atom. The number of hydrogen-bond acceptors (Lipinski definition) is 4. The van der Waals surface area contributed by atoms with Gasteiger partial charge in [0.25, 0.3) is 5.56 Å². The molecular formula is C20H16ClN3O2S. The van der Waals surface area contributed by atoms with E-state index >= 15 is 0 Å². The minimum atomic E-state index is -0.228. The highest BCUT2D eigenvalue weighted by atomic mass is 35.5. The lowest BCUT2D eigenvalue weighted by Gasteiger charge is -2.13. The molecule has 0 spiro atoms. The highest BCUT2D eigenvalue weighted by molar-refractivity contribution is 7.99. The molecule has 0 radical (unpaired) electrons. The van der Waals surface area contributed by atoms with Crippen LogP contribution in [0.25, 0.3) is 16.6 Å². The Kier molecular flexibility index (Phi) is 5.84. The van der Waals surface area contributed by atoms with Crippen LogP contribution in [-0.4, -0.2) is 27.8 Å².